The van der Waals surface area contributed by atoms with Gasteiger partial charge in [0, 0.05) is 11.8 Å². The molecule has 3 aromatic heterocycles. The van der Waals surface area contributed by atoms with Gasteiger partial charge in [-0.3, -0.25) is 4.98 Å². The monoisotopic (exact) mass is 381 g/mol. The fourth-order valence-electron chi connectivity index (χ4n) is 2.98. The van der Waals surface area contributed by atoms with Crippen LogP contribution in [0.15, 0.2) is 42.7 Å². The summed E-state index contributed by atoms with van der Waals surface area (Å²) in [5.41, 5.74) is 3.15. The van der Waals surface area contributed by atoms with E-state index in [1.165, 1.54) is 24.4 Å². The van der Waals surface area contributed by atoms with Crippen molar-refractivity contribution in [3.05, 3.63) is 65.6 Å². The highest BCUT2D eigenvalue weighted by Gasteiger charge is 2.19. The lowest BCUT2D eigenvalue weighted by molar-refractivity contribution is 0.313. The highest BCUT2D eigenvalue weighted by Crippen LogP contribution is 2.27. The summed E-state index contributed by atoms with van der Waals surface area (Å²) in [5, 5.41) is 0. The minimum atomic E-state index is -0.462. The maximum absolute atomic E-state index is 13.8. The van der Waals surface area contributed by atoms with E-state index in [9.17, 15) is 8.78 Å². The molecular weight excluding hydrogens is 364 g/mol. The molecule has 8 heteroatoms. The Labute approximate surface area is 159 Å². The summed E-state index contributed by atoms with van der Waals surface area (Å²) in [6.45, 7) is 4.46. The number of imidazole rings is 1. The molecule has 0 atom stereocenters. The van der Waals surface area contributed by atoms with Gasteiger partial charge in [0.1, 0.15) is 23.0 Å². The van der Waals surface area contributed by atoms with Gasteiger partial charge in [0.2, 0.25) is 0 Å². The van der Waals surface area contributed by atoms with Crippen LogP contribution in [0.4, 0.5) is 8.78 Å². The van der Waals surface area contributed by atoms with Gasteiger partial charge in [-0.25, -0.2) is 13.8 Å². The number of hydrogen-bond acceptors (Lipinski definition) is 5. The van der Waals surface area contributed by atoms with Crippen LogP contribution in [0.5, 0.6) is 6.01 Å². The molecule has 28 heavy (non-hydrogen) atoms. The molecule has 4 aromatic rings. The average Bonchev–Trinajstić information content (AvgIpc) is 3.03. The Bertz CT molecular complexity index is 1140. The van der Waals surface area contributed by atoms with Crippen LogP contribution in [0.2, 0.25) is 0 Å². The van der Waals surface area contributed by atoms with Gasteiger partial charge in [0.05, 0.1) is 25.0 Å². The average molecular weight is 381 g/mol. The summed E-state index contributed by atoms with van der Waals surface area (Å²) in [5.74, 6) is -0.279. The topological polar surface area (TPSA) is 65.7 Å². The third kappa shape index (κ3) is 3.40. The van der Waals surface area contributed by atoms with Gasteiger partial charge in [0.15, 0.2) is 5.65 Å². The summed E-state index contributed by atoms with van der Waals surface area (Å²) in [7, 11) is 0. The third-order valence-corrected chi connectivity index (χ3v) is 4.24. The van der Waals surface area contributed by atoms with Crippen LogP contribution >= 0.6 is 0 Å². The van der Waals surface area contributed by atoms with E-state index in [1.54, 1.807) is 12.1 Å². The maximum Gasteiger partial charge on any atom is 0.318 e. The van der Waals surface area contributed by atoms with Crippen LogP contribution in [0.3, 0.4) is 0 Å². The SMILES string of the molecule is CCOc1nc(C)c2nc(-c3cncc(F)c3)n(Cc3ccc(F)cc3)c2n1. The smallest absolute Gasteiger partial charge is 0.318 e. The van der Waals surface area contributed by atoms with Gasteiger partial charge < -0.3 is 9.30 Å². The number of aromatic nitrogens is 5. The van der Waals surface area contributed by atoms with E-state index in [0.29, 0.717) is 41.4 Å². The van der Waals surface area contributed by atoms with Crippen LogP contribution in [-0.4, -0.2) is 31.1 Å². The van der Waals surface area contributed by atoms with Crippen LogP contribution < -0.4 is 4.74 Å². The zero-order valence-electron chi connectivity index (χ0n) is 15.4. The van der Waals surface area contributed by atoms with E-state index in [2.05, 4.69) is 19.9 Å². The number of rotatable bonds is 5. The third-order valence-electron chi connectivity index (χ3n) is 4.24. The molecule has 3 heterocycles. The van der Waals surface area contributed by atoms with Gasteiger partial charge in [-0.2, -0.15) is 9.97 Å². The molecule has 0 fully saturated rings. The minimum Gasteiger partial charge on any atom is -0.464 e. The van der Waals surface area contributed by atoms with Gasteiger partial charge >= 0.3 is 6.01 Å². The Kier molecular flexibility index (Phi) is 4.68. The van der Waals surface area contributed by atoms with Crippen molar-refractivity contribution in [1.82, 2.24) is 24.5 Å². The Morgan fingerprint density at radius 1 is 1.00 bits per heavy atom. The highest BCUT2D eigenvalue weighted by molar-refractivity contribution is 5.79. The van der Waals surface area contributed by atoms with E-state index in [0.717, 1.165) is 11.8 Å². The Morgan fingerprint density at radius 2 is 1.79 bits per heavy atom. The number of aryl methyl sites for hydroxylation is 1. The second kappa shape index (κ2) is 7.30. The molecule has 0 aliphatic heterocycles. The summed E-state index contributed by atoms with van der Waals surface area (Å²) < 4.78 is 34.4. The summed E-state index contributed by atoms with van der Waals surface area (Å²) in [6.07, 6.45) is 2.67. The number of nitrogens with zero attached hydrogens (tertiary/aromatic N) is 5. The minimum absolute atomic E-state index is 0.247. The first-order chi connectivity index (χ1) is 13.5. The summed E-state index contributed by atoms with van der Waals surface area (Å²) in [6, 6.07) is 7.77. The summed E-state index contributed by atoms with van der Waals surface area (Å²) in [4.78, 5) is 17.4. The van der Waals surface area contributed by atoms with E-state index in [-0.39, 0.29) is 11.8 Å². The standard InChI is InChI=1S/C20H17F2N5O/c1-3-28-20-24-12(2)17-19(26-20)27(11-13-4-6-15(21)7-5-13)18(25-17)14-8-16(22)10-23-9-14/h4-10H,3,11H2,1-2H3. The quantitative estimate of drug-likeness (QED) is 0.524. The van der Waals surface area contributed by atoms with E-state index in [4.69, 9.17) is 4.74 Å². The zero-order valence-corrected chi connectivity index (χ0v) is 15.4. The van der Waals surface area contributed by atoms with E-state index in [1.807, 2.05) is 18.4 Å². The molecule has 6 nitrogen and oxygen atoms in total. The first kappa shape index (κ1) is 18.0. The molecule has 0 aliphatic rings. The fraction of sp³-hybridized carbons (Fsp3) is 0.200. The number of benzene rings is 1. The lowest BCUT2D eigenvalue weighted by Crippen LogP contribution is -2.05. The molecule has 142 valence electrons. The molecule has 0 aliphatic carbocycles. The van der Waals surface area contributed by atoms with Gasteiger partial charge in [-0.05, 0) is 37.6 Å². The first-order valence-electron chi connectivity index (χ1n) is 8.78. The largest absolute Gasteiger partial charge is 0.464 e. The molecule has 0 amide bonds. The van der Waals surface area contributed by atoms with Gasteiger partial charge in [-0.1, -0.05) is 12.1 Å². The highest BCUT2D eigenvalue weighted by atomic mass is 19.1. The molecule has 0 saturated heterocycles. The van der Waals surface area contributed by atoms with Gasteiger partial charge in [-0.15, -0.1) is 0 Å². The van der Waals surface area contributed by atoms with E-state index >= 15 is 0 Å². The Balaban J connectivity index is 1.93. The van der Waals surface area contributed by atoms with Crippen LogP contribution in [0.25, 0.3) is 22.6 Å². The molecule has 1 aromatic carbocycles. The van der Waals surface area contributed by atoms with Crippen LogP contribution in [0, 0.1) is 18.6 Å². The van der Waals surface area contributed by atoms with Crippen molar-refractivity contribution in [2.75, 3.05) is 6.61 Å². The number of halogens is 2. The number of pyridine rings is 1. The van der Waals surface area contributed by atoms with Crippen molar-refractivity contribution in [1.29, 1.82) is 0 Å². The molecule has 0 bridgehead atoms. The lowest BCUT2D eigenvalue weighted by Gasteiger charge is -2.10. The lowest BCUT2D eigenvalue weighted by atomic mass is 10.2. The Morgan fingerprint density at radius 3 is 2.50 bits per heavy atom. The maximum atomic E-state index is 13.8. The molecular formula is C20H17F2N5O. The molecule has 0 saturated carbocycles. The van der Waals surface area contributed by atoms with Crippen molar-refractivity contribution in [2.24, 2.45) is 0 Å². The first-order valence-corrected chi connectivity index (χ1v) is 8.78. The summed E-state index contributed by atoms with van der Waals surface area (Å²) >= 11 is 0. The van der Waals surface area contributed by atoms with Crippen molar-refractivity contribution in [2.45, 2.75) is 20.4 Å². The second-order valence-electron chi connectivity index (χ2n) is 6.24. The zero-order chi connectivity index (χ0) is 19.7. The van der Waals surface area contributed by atoms with Crippen LogP contribution in [0.1, 0.15) is 18.2 Å². The number of fused-ring (bicyclic) bond motifs is 1. The van der Waals surface area contributed by atoms with Crippen LogP contribution in [-0.2, 0) is 6.54 Å². The Hall–Kier alpha value is -3.42. The van der Waals surface area contributed by atoms with Crippen molar-refractivity contribution in [3.63, 3.8) is 0 Å². The second-order valence-corrected chi connectivity index (χ2v) is 6.24. The number of ether oxygens (including phenoxy) is 1. The predicted molar refractivity (Wildman–Crippen MR) is 99.9 cm³/mol. The van der Waals surface area contributed by atoms with Gasteiger partial charge in [0.25, 0.3) is 0 Å². The molecule has 4 rings (SSSR count). The predicted octanol–water partition coefficient (Wildman–Crippen LogP) is 3.92. The van der Waals surface area contributed by atoms with Crippen molar-refractivity contribution in [3.8, 4) is 17.4 Å². The molecule has 0 unspecified atom stereocenters. The molecule has 0 N–H and O–H groups in total. The fourth-order valence-corrected chi connectivity index (χ4v) is 2.98. The molecule has 0 spiro atoms. The normalized spacial score (nSPS) is 11.1. The number of hydrogen-bond donors (Lipinski definition) is 0. The van der Waals surface area contributed by atoms with Crippen molar-refractivity contribution < 1.29 is 13.5 Å². The van der Waals surface area contributed by atoms with Crippen molar-refractivity contribution >= 4 is 11.2 Å². The molecule has 0 radical (unpaired) electrons. The van der Waals surface area contributed by atoms with E-state index < -0.39 is 5.82 Å².